The second-order valence-electron chi connectivity index (χ2n) is 7.20. The Labute approximate surface area is 145 Å². The van der Waals surface area contributed by atoms with Crippen molar-refractivity contribution in [2.24, 2.45) is 0 Å². The Balaban J connectivity index is 2.07. The average Bonchev–Trinajstić information content (AvgIpc) is 2.55. The molecule has 3 aromatic rings. The van der Waals surface area contributed by atoms with Gasteiger partial charge in [-0.15, -0.1) is 0 Å². The molecule has 0 unspecified atom stereocenters. The number of hydrogen-bond acceptors (Lipinski definition) is 1. The van der Waals surface area contributed by atoms with Gasteiger partial charge < -0.3 is 0 Å². The SMILES string of the molecule is Cc1cc(-c2ccc(F)c(-c3ccccc3)c2)nc[c]1[Ge]([CH3])([CH3])[CH3]. The Hall–Kier alpha value is -1.94. The van der Waals surface area contributed by atoms with Gasteiger partial charge in [0.1, 0.15) is 0 Å². The van der Waals surface area contributed by atoms with Crippen LogP contribution in [-0.2, 0) is 0 Å². The van der Waals surface area contributed by atoms with Gasteiger partial charge in [0.05, 0.1) is 0 Å². The summed E-state index contributed by atoms with van der Waals surface area (Å²) in [5.74, 6) is 6.90. The molecule has 0 bridgehead atoms. The molecular weight excluding hydrogens is 358 g/mol. The molecule has 0 saturated heterocycles. The summed E-state index contributed by atoms with van der Waals surface area (Å²) >= 11 is -1.91. The van der Waals surface area contributed by atoms with Crippen molar-refractivity contribution in [3.05, 3.63) is 72.2 Å². The van der Waals surface area contributed by atoms with Crippen molar-refractivity contribution in [2.45, 2.75) is 24.2 Å². The van der Waals surface area contributed by atoms with Gasteiger partial charge in [0.25, 0.3) is 0 Å². The van der Waals surface area contributed by atoms with E-state index in [9.17, 15) is 4.39 Å². The Morgan fingerprint density at radius 3 is 2.21 bits per heavy atom. The molecule has 122 valence electrons. The molecule has 24 heavy (non-hydrogen) atoms. The zero-order valence-electron chi connectivity index (χ0n) is 14.6. The zero-order valence-corrected chi connectivity index (χ0v) is 16.7. The number of pyridine rings is 1. The molecule has 1 nitrogen and oxygen atoms in total. The van der Waals surface area contributed by atoms with Gasteiger partial charge in [-0.05, 0) is 0 Å². The standard InChI is InChI=1S/C21H22FGeN/c1-15-12-21(24-14-20(15)23(2,3)4)17-10-11-19(22)18(13-17)16-8-6-5-7-9-16/h5-14H,1-4H3. The van der Waals surface area contributed by atoms with Crippen molar-refractivity contribution >= 4 is 17.7 Å². The second kappa shape index (κ2) is 6.52. The van der Waals surface area contributed by atoms with Gasteiger partial charge in [-0.3, -0.25) is 0 Å². The molecule has 0 fully saturated rings. The fourth-order valence-corrected chi connectivity index (χ4v) is 6.60. The number of halogens is 1. The van der Waals surface area contributed by atoms with Crippen molar-refractivity contribution in [1.29, 1.82) is 0 Å². The summed E-state index contributed by atoms with van der Waals surface area (Å²) in [5, 5.41) is 0. The van der Waals surface area contributed by atoms with Crippen LogP contribution in [-0.4, -0.2) is 18.3 Å². The van der Waals surface area contributed by atoms with Crippen LogP contribution < -0.4 is 4.40 Å². The van der Waals surface area contributed by atoms with E-state index in [0.717, 1.165) is 16.8 Å². The van der Waals surface area contributed by atoms with Crippen LogP contribution in [0.5, 0.6) is 0 Å². The van der Waals surface area contributed by atoms with Gasteiger partial charge in [-0.1, -0.05) is 0 Å². The molecule has 0 atom stereocenters. The molecule has 3 rings (SSSR count). The summed E-state index contributed by atoms with van der Waals surface area (Å²) in [4.78, 5) is 4.67. The molecular formula is C21H22FGeN. The third-order valence-corrected chi connectivity index (χ3v) is 8.75. The van der Waals surface area contributed by atoms with Gasteiger partial charge in [0.2, 0.25) is 0 Å². The monoisotopic (exact) mass is 381 g/mol. The third-order valence-electron chi connectivity index (χ3n) is 4.27. The molecule has 0 aliphatic rings. The molecule has 0 N–H and O–H groups in total. The average molecular weight is 380 g/mol. The first-order valence-corrected chi connectivity index (χ1v) is 15.5. The quantitative estimate of drug-likeness (QED) is 0.554. The van der Waals surface area contributed by atoms with E-state index in [0.29, 0.717) is 5.56 Å². The molecule has 1 heterocycles. The number of nitrogens with zero attached hydrogens (tertiary/aromatic N) is 1. The van der Waals surface area contributed by atoms with Crippen LogP contribution in [0.1, 0.15) is 5.56 Å². The molecule has 1 aromatic heterocycles. The summed E-state index contributed by atoms with van der Waals surface area (Å²) < 4.78 is 15.7. The van der Waals surface area contributed by atoms with Gasteiger partial charge >= 0.3 is 146 Å². The molecule has 2 aromatic carbocycles. The van der Waals surface area contributed by atoms with E-state index in [1.807, 2.05) is 48.7 Å². The van der Waals surface area contributed by atoms with Gasteiger partial charge in [0.15, 0.2) is 0 Å². The molecule has 0 amide bonds. The Kier molecular flexibility index (Phi) is 4.59. The summed E-state index contributed by atoms with van der Waals surface area (Å²) in [7, 11) is 0. The van der Waals surface area contributed by atoms with E-state index < -0.39 is 13.3 Å². The first-order valence-electron chi connectivity index (χ1n) is 8.19. The molecule has 0 spiro atoms. The van der Waals surface area contributed by atoms with Crippen molar-refractivity contribution in [1.82, 2.24) is 4.98 Å². The van der Waals surface area contributed by atoms with Crippen molar-refractivity contribution in [2.75, 3.05) is 0 Å². The maximum atomic E-state index is 14.3. The first-order chi connectivity index (χ1) is 11.4. The molecule has 0 radical (unpaired) electrons. The summed E-state index contributed by atoms with van der Waals surface area (Å²) in [5.41, 5.74) is 4.64. The molecule has 0 aliphatic carbocycles. The van der Waals surface area contributed by atoms with E-state index in [-0.39, 0.29) is 5.82 Å². The second-order valence-corrected chi connectivity index (χ2v) is 17.8. The fourth-order valence-electron chi connectivity index (χ4n) is 3.02. The van der Waals surface area contributed by atoms with Crippen LogP contribution in [0.15, 0.2) is 60.8 Å². The minimum absolute atomic E-state index is 0.206. The normalized spacial score (nSPS) is 11.5. The third kappa shape index (κ3) is 3.44. The fraction of sp³-hybridized carbons (Fsp3) is 0.190. The summed E-state index contributed by atoms with van der Waals surface area (Å²) in [6.45, 7) is 2.15. The molecule has 3 heteroatoms. The number of aryl methyl sites for hydroxylation is 1. The van der Waals surface area contributed by atoms with Crippen LogP contribution in [0.3, 0.4) is 0 Å². The van der Waals surface area contributed by atoms with Crippen molar-refractivity contribution < 1.29 is 4.39 Å². The van der Waals surface area contributed by atoms with Gasteiger partial charge in [-0.25, -0.2) is 0 Å². The van der Waals surface area contributed by atoms with Crippen LogP contribution in [0.25, 0.3) is 22.4 Å². The van der Waals surface area contributed by atoms with E-state index in [1.54, 1.807) is 0 Å². The number of aromatic nitrogens is 1. The first kappa shape index (κ1) is 16.9. The Morgan fingerprint density at radius 1 is 0.875 bits per heavy atom. The summed E-state index contributed by atoms with van der Waals surface area (Å²) in [6, 6.07) is 17.0. The van der Waals surface area contributed by atoms with Crippen LogP contribution in [0.2, 0.25) is 17.3 Å². The van der Waals surface area contributed by atoms with Gasteiger partial charge in [0, 0.05) is 0 Å². The molecule has 0 aliphatic heterocycles. The van der Waals surface area contributed by atoms with Crippen LogP contribution >= 0.6 is 0 Å². The number of benzene rings is 2. The predicted molar refractivity (Wildman–Crippen MR) is 103 cm³/mol. The van der Waals surface area contributed by atoms with Crippen LogP contribution in [0, 0.1) is 12.7 Å². The predicted octanol–water partition coefficient (Wildman–Crippen LogP) is 5.41. The van der Waals surface area contributed by atoms with Gasteiger partial charge in [-0.2, -0.15) is 0 Å². The minimum atomic E-state index is -1.91. The van der Waals surface area contributed by atoms with Crippen LogP contribution in [0.4, 0.5) is 4.39 Å². The van der Waals surface area contributed by atoms with Crippen molar-refractivity contribution in [3.63, 3.8) is 0 Å². The number of rotatable bonds is 3. The van der Waals surface area contributed by atoms with E-state index >= 15 is 0 Å². The van der Waals surface area contributed by atoms with E-state index in [4.69, 9.17) is 0 Å². The maximum absolute atomic E-state index is 14.3. The topological polar surface area (TPSA) is 12.9 Å². The van der Waals surface area contributed by atoms with E-state index in [1.165, 1.54) is 16.0 Å². The Bertz CT molecular complexity index is 867. The van der Waals surface area contributed by atoms with Crippen molar-refractivity contribution in [3.8, 4) is 22.4 Å². The number of hydrogen-bond donors (Lipinski definition) is 0. The summed E-state index contributed by atoms with van der Waals surface area (Å²) in [6.07, 6.45) is 2.02. The Morgan fingerprint density at radius 2 is 1.58 bits per heavy atom. The van der Waals surface area contributed by atoms with E-state index in [2.05, 4.69) is 35.2 Å². The zero-order chi connectivity index (χ0) is 17.3. The molecule has 0 saturated carbocycles.